The molecule has 1 aromatic rings. The number of nitrogens with two attached hydrogens (primary N) is 1. The average molecular weight is 300 g/mol. The van der Waals surface area contributed by atoms with E-state index in [0.717, 1.165) is 12.8 Å². The minimum atomic E-state index is -0.475. The summed E-state index contributed by atoms with van der Waals surface area (Å²) in [5.41, 5.74) is 6.10. The first-order valence-electron chi connectivity index (χ1n) is 6.34. The molecule has 2 N–H and O–H groups in total. The number of rotatable bonds is 6. The average Bonchev–Trinajstić information content (AvgIpc) is 3.24. The van der Waals surface area contributed by atoms with Gasteiger partial charge in [0.2, 0.25) is 0 Å². The van der Waals surface area contributed by atoms with Gasteiger partial charge in [0.15, 0.2) is 11.5 Å². The van der Waals surface area contributed by atoms with E-state index in [4.69, 9.17) is 26.8 Å². The van der Waals surface area contributed by atoms with Gasteiger partial charge in [-0.1, -0.05) is 11.6 Å². The van der Waals surface area contributed by atoms with Crippen LogP contribution in [-0.2, 0) is 4.74 Å². The maximum absolute atomic E-state index is 11.5. The third-order valence-corrected chi connectivity index (χ3v) is 3.84. The first kappa shape index (κ1) is 14.9. The van der Waals surface area contributed by atoms with Crippen molar-refractivity contribution in [3.63, 3.8) is 0 Å². The molecule has 0 amide bonds. The van der Waals surface area contributed by atoms with Crippen molar-refractivity contribution in [2.75, 3.05) is 27.4 Å². The normalized spacial score (nSPS) is 15.6. The zero-order valence-corrected chi connectivity index (χ0v) is 12.3. The molecule has 1 fully saturated rings. The van der Waals surface area contributed by atoms with E-state index < -0.39 is 5.97 Å². The standard InChI is InChI=1S/C14H18ClNO4/c1-18-11-6-9(13(17)19-2)5-10(15)12(11)20-8-14(7-16)3-4-14/h5-6H,3-4,7-8,16H2,1-2H3. The Bertz CT molecular complexity index is 514. The van der Waals surface area contributed by atoms with Crippen LogP contribution in [-0.4, -0.2) is 33.3 Å². The molecular formula is C14H18ClNO4. The minimum Gasteiger partial charge on any atom is -0.493 e. The van der Waals surface area contributed by atoms with E-state index >= 15 is 0 Å². The van der Waals surface area contributed by atoms with Crippen LogP contribution in [0.2, 0.25) is 5.02 Å². The van der Waals surface area contributed by atoms with Gasteiger partial charge in [0.1, 0.15) is 0 Å². The number of methoxy groups -OCH3 is 2. The lowest BCUT2D eigenvalue weighted by Crippen LogP contribution is -2.23. The SMILES string of the molecule is COC(=O)c1cc(Cl)c(OCC2(CN)CC2)c(OC)c1. The van der Waals surface area contributed by atoms with Crippen LogP contribution < -0.4 is 15.2 Å². The largest absolute Gasteiger partial charge is 0.493 e. The van der Waals surface area contributed by atoms with Gasteiger partial charge in [-0.25, -0.2) is 4.79 Å². The third kappa shape index (κ3) is 2.99. The van der Waals surface area contributed by atoms with Crippen molar-refractivity contribution >= 4 is 17.6 Å². The van der Waals surface area contributed by atoms with Gasteiger partial charge in [-0.2, -0.15) is 0 Å². The number of hydrogen-bond donors (Lipinski definition) is 1. The van der Waals surface area contributed by atoms with Crippen molar-refractivity contribution in [2.45, 2.75) is 12.8 Å². The van der Waals surface area contributed by atoms with Gasteiger partial charge in [0.05, 0.1) is 31.4 Å². The molecule has 20 heavy (non-hydrogen) atoms. The number of esters is 1. The van der Waals surface area contributed by atoms with Gasteiger partial charge in [0.25, 0.3) is 0 Å². The van der Waals surface area contributed by atoms with Crippen LogP contribution in [0, 0.1) is 5.41 Å². The molecule has 1 aromatic carbocycles. The second-order valence-electron chi connectivity index (χ2n) is 4.97. The summed E-state index contributed by atoms with van der Waals surface area (Å²) < 4.78 is 15.7. The van der Waals surface area contributed by atoms with E-state index in [1.165, 1.54) is 20.3 Å². The lowest BCUT2D eigenvalue weighted by atomic mass is 10.1. The van der Waals surface area contributed by atoms with Crippen LogP contribution >= 0.6 is 11.6 Å². The Morgan fingerprint density at radius 1 is 1.40 bits per heavy atom. The Morgan fingerprint density at radius 3 is 2.60 bits per heavy atom. The highest BCUT2D eigenvalue weighted by Crippen LogP contribution is 2.46. The Balaban J connectivity index is 2.21. The fourth-order valence-electron chi connectivity index (χ4n) is 1.91. The van der Waals surface area contributed by atoms with Crippen LogP contribution in [0.25, 0.3) is 0 Å². The number of hydrogen-bond acceptors (Lipinski definition) is 5. The summed E-state index contributed by atoms with van der Waals surface area (Å²) in [5.74, 6) is 0.365. The fourth-order valence-corrected chi connectivity index (χ4v) is 2.17. The molecular weight excluding hydrogens is 282 g/mol. The van der Waals surface area contributed by atoms with Crippen molar-refractivity contribution in [1.29, 1.82) is 0 Å². The Hall–Kier alpha value is -1.46. The quantitative estimate of drug-likeness (QED) is 0.816. The summed E-state index contributed by atoms with van der Waals surface area (Å²) in [6, 6.07) is 3.06. The van der Waals surface area contributed by atoms with E-state index in [0.29, 0.717) is 35.2 Å². The van der Waals surface area contributed by atoms with Crippen LogP contribution in [0.4, 0.5) is 0 Å². The predicted octanol–water partition coefficient (Wildman–Crippen LogP) is 2.25. The van der Waals surface area contributed by atoms with Gasteiger partial charge in [-0.05, 0) is 25.0 Å². The maximum atomic E-state index is 11.5. The predicted molar refractivity (Wildman–Crippen MR) is 75.6 cm³/mol. The number of halogens is 1. The Labute approximate surface area is 122 Å². The molecule has 0 aromatic heterocycles. The molecule has 0 bridgehead atoms. The molecule has 0 heterocycles. The number of carbonyl (C=O) groups excluding carboxylic acids is 1. The van der Waals surface area contributed by atoms with Crippen molar-refractivity contribution in [1.82, 2.24) is 0 Å². The minimum absolute atomic E-state index is 0.0648. The first-order valence-corrected chi connectivity index (χ1v) is 6.72. The lowest BCUT2D eigenvalue weighted by molar-refractivity contribution is 0.0600. The van der Waals surface area contributed by atoms with Crippen LogP contribution in [0.1, 0.15) is 23.2 Å². The molecule has 2 rings (SSSR count). The highest BCUT2D eigenvalue weighted by atomic mass is 35.5. The zero-order valence-electron chi connectivity index (χ0n) is 11.6. The monoisotopic (exact) mass is 299 g/mol. The van der Waals surface area contributed by atoms with E-state index in [1.54, 1.807) is 6.07 Å². The number of ether oxygens (including phenoxy) is 3. The van der Waals surface area contributed by atoms with Gasteiger partial charge in [-0.15, -0.1) is 0 Å². The van der Waals surface area contributed by atoms with Gasteiger partial charge in [0, 0.05) is 12.0 Å². The lowest BCUT2D eigenvalue weighted by Gasteiger charge is -2.17. The molecule has 1 aliphatic carbocycles. The summed E-state index contributed by atoms with van der Waals surface area (Å²) in [5, 5.41) is 0.317. The van der Waals surface area contributed by atoms with E-state index in [-0.39, 0.29) is 5.41 Å². The summed E-state index contributed by atoms with van der Waals surface area (Å²) in [6.07, 6.45) is 2.12. The molecule has 0 spiro atoms. The van der Waals surface area contributed by atoms with Crippen LogP contribution in [0.3, 0.4) is 0 Å². The Kier molecular flexibility index (Phi) is 4.40. The molecule has 0 atom stereocenters. The fraction of sp³-hybridized carbons (Fsp3) is 0.500. The van der Waals surface area contributed by atoms with Gasteiger partial charge in [-0.3, -0.25) is 0 Å². The summed E-state index contributed by atoms with van der Waals surface area (Å²) in [7, 11) is 2.81. The van der Waals surface area contributed by atoms with Crippen LogP contribution in [0.5, 0.6) is 11.5 Å². The molecule has 0 unspecified atom stereocenters. The van der Waals surface area contributed by atoms with E-state index in [2.05, 4.69) is 4.74 Å². The molecule has 0 radical (unpaired) electrons. The number of benzene rings is 1. The topological polar surface area (TPSA) is 70.8 Å². The molecule has 0 aliphatic heterocycles. The van der Waals surface area contributed by atoms with Crippen molar-refractivity contribution in [3.05, 3.63) is 22.7 Å². The molecule has 6 heteroatoms. The van der Waals surface area contributed by atoms with E-state index in [9.17, 15) is 4.79 Å². The third-order valence-electron chi connectivity index (χ3n) is 3.56. The second kappa shape index (κ2) is 5.89. The van der Waals surface area contributed by atoms with Crippen LogP contribution in [0.15, 0.2) is 12.1 Å². The molecule has 110 valence electrons. The zero-order chi connectivity index (χ0) is 14.8. The summed E-state index contributed by atoms with van der Waals surface area (Å²) in [4.78, 5) is 11.5. The molecule has 0 saturated heterocycles. The molecule has 1 saturated carbocycles. The summed E-state index contributed by atoms with van der Waals surface area (Å²) in [6.45, 7) is 1.09. The number of carbonyl (C=O) groups is 1. The highest BCUT2D eigenvalue weighted by Gasteiger charge is 2.42. The van der Waals surface area contributed by atoms with Gasteiger partial charge >= 0.3 is 5.97 Å². The van der Waals surface area contributed by atoms with Gasteiger partial charge < -0.3 is 19.9 Å². The van der Waals surface area contributed by atoms with E-state index in [1.807, 2.05) is 0 Å². The molecule has 5 nitrogen and oxygen atoms in total. The second-order valence-corrected chi connectivity index (χ2v) is 5.38. The van der Waals surface area contributed by atoms with Crippen molar-refractivity contribution < 1.29 is 19.0 Å². The van der Waals surface area contributed by atoms with Crippen molar-refractivity contribution in [3.8, 4) is 11.5 Å². The first-order chi connectivity index (χ1) is 9.55. The highest BCUT2D eigenvalue weighted by molar-refractivity contribution is 6.32. The van der Waals surface area contributed by atoms with Crippen molar-refractivity contribution in [2.24, 2.45) is 11.1 Å². The summed E-state index contributed by atoms with van der Waals surface area (Å²) >= 11 is 6.16. The molecule has 1 aliphatic rings. The smallest absolute Gasteiger partial charge is 0.338 e. The Morgan fingerprint density at radius 2 is 2.10 bits per heavy atom. The maximum Gasteiger partial charge on any atom is 0.338 e.